The predicted molar refractivity (Wildman–Crippen MR) is 50.2 cm³/mol. The van der Waals surface area contributed by atoms with Crippen molar-refractivity contribution >= 4 is 33.3 Å². The van der Waals surface area contributed by atoms with Crippen LogP contribution in [0.1, 0.15) is 0 Å². The molecule has 0 unspecified atom stereocenters. The van der Waals surface area contributed by atoms with Gasteiger partial charge in [0.05, 0.1) is 7.11 Å². The molecule has 1 aromatic heterocycles. The number of rotatable bonds is 2. The van der Waals surface area contributed by atoms with E-state index in [1.807, 2.05) is 0 Å². The lowest BCUT2D eigenvalue weighted by atomic mass is 10.4. The lowest BCUT2D eigenvalue weighted by molar-refractivity contribution is -0.389. The van der Waals surface area contributed by atoms with Crippen molar-refractivity contribution in [2.75, 3.05) is 7.11 Å². The van der Waals surface area contributed by atoms with Gasteiger partial charge in [-0.3, -0.25) is 0 Å². The van der Waals surface area contributed by atoms with E-state index < -0.39 is 10.7 Å². The van der Waals surface area contributed by atoms with Crippen LogP contribution in [0.2, 0.25) is 5.02 Å². The number of halogens is 2. The summed E-state index contributed by atoms with van der Waals surface area (Å²) in [4.78, 5) is 13.3. The van der Waals surface area contributed by atoms with Crippen LogP contribution in [0, 0.1) is 10.1 Å². The number of nitro groups is 1. The van der Waals surface area contributed by atoms with E-state index in [-0.39, 0.29) is 9.63 Å². The van der Waals surface area contributed by atoms with Gasteiger partial charge in [0.15, 0.2) is 5.75 Å². The summed E-state index contributed by atoms with van der Waals surface area (Å²) in [6.07, 6.45) is 0. The van der Waals surface area contributed by atoms with Gasteiger partial charge in [-0.1, -0.05) is 11.6 Å². The molecular formula is C6H4BrClN2O3. The summed E-state index contributed by atoms with van der Waals surface area (Å²) in [5.74, 6) is -0.0371. The Balaban J connectivity index is 3.28. The van der Waals surface area contributed by atoms with Crippen molar-refractivity contribution in [3.63, 3.8) is 0 Å². The van der Waals surface area contributed by atoms with Gasteiger partial charge < -0.3 is 14.9 Å². The quantitative estimate of drug-likeness (QED) is 0.469. The Kier molecular flexibility index (Phi) is 3.05. The van der Waals surface area contributed by atoms with Crippen molar-refractivity contribution in [3.8, 4) is 5.75 Å². The largest absolute Gasteiger partial charge is 0.492 e. The molecule has 0 aromatic carbocycles. The van der Waals surface area contributed by atoms with Gasteiger partial charge in [0, 0.05) is 22.0 Å². The molecule has 0 aliphatic carbocycles. The highest BCUT2D eigenvalue weighted by atomic mass is 79.9. The fourth-order valence-corrected chi connectivity index (χ4v) is 1.37. The van der Waals surface area contributed by atoms with Crippen molar-refractivity contribution in [1.29, 1.82) is 0 Å². The van der Waals surface area contributed by atoms with Crippen LogP contribution in [0.15, 0.2) is 10.7 Å². The van der Waals surface area contributed by atoms with Gasteiger partial charge in [-0.15, -0.1) is 0 Å². The summed E-state index contributed by atoms with van der Waals surface area (Å²) in [5, 5.41) is 10.3. The number of methoxy groups -OCH3 is 1. The molecule has 0 aliphatic heterocycles. The average molecular weight is 267 g/mol. The topological polar surface area (TPSA) is 65.3 Å². The molecule has 70 valence electrons. The monoisotopic (exact) mass is 266 g/mol. The first-order chi connectivity index (χ1) is 6.06. The second-order valence-corrected chi connectivity index (χ2v) is 3.20. The maximum absolute atomic E-state index is 10.4. The highest BCUT2D eigenvalue weighted by molar-refractivity contribution is 9.10. The van der Waals surface area contributed by atoms with Crippen molar-refractivity contribution < 1.29 is 9.66 Å². The third-order valence-electron chi connectivity index (χ3n) is 1.27. The van der Waals surface area contributed by atoms with Crippen LogP contribution in [0.4, 0.5) is 5.82 Å². The molecule has 1 aromatic rings. The molecule has 0 bridgehead atoms. The van der Waals surface area contributed by atoms with E-state index >= 15 is 0 Å². The molecular weight excluding hydrogens is 263 g/mol. The minimum Gasteiger partial charge on any atom is -0.492 e. The highest BCUT2D eigenvalue weighted by Gasteiger charge is 2.19. The van der Waals surface area contributed by atoms with Gasteiger partial charge in [0.25, 0.3) is 4.60 Å². The van der Waals surface area contributed by atoms with E-state index in [4.69, 9.17) is 16.3 Å². The molecule has 1 rings (SSSR count). The van der Waals surface area contributed by atoms with Gasteiger partial charge in [-0.05, 0) is 9.91 Å². The predicted octanol–water partition coefficient (Wildman–Crippen LogP) is 2.41. The van der Waals surface area contributed by atoms with Crippen molar-refractivity contribution in [3.05, 3.63) is 25.8 Å². The van der Waals surface area contributed by atoms with Gasteiger partial charge in [-0.25, -0.2) is 0 Å². The van der Waals surface area contributed by atoms with Gasteiger partial charge >= 0.3 is 5.82 Å². The Labute approximate surface area is 87.0 Å². The van der Waals surface area contributed by atoms with E-state index in [9.17, 15) is 10.1 Å². The Morgan fingerprint density at radius 1 is 1.77 bits per heavy atom. The Morgan fingerprint density at radius 2 is 2.38 bits per heavy atom. The summed E-state index contributed by atoms with van der Waals surface area (Å²) in [7, 11) is 1.42. The molecule has 0 fully saturated rings. The molecule has 0 saturated carbocycles. The molecule has 0 spiro atoms. The van der Waals surface area contributed by atoms with Gasteiger partial charge in [-0.2, -0.15) is 0 Å². The average Bonchev–Trinajstić information content (AvgIpc) is 2.07. The smallest absolute Gasteiger partial charge is 0.383 e. The SMILES string of the molecule is COc1cc(Cl)c([N+](=O)[O-])nc1Br. The van der Waals surface area contributed by atoms with E-state index in [1.165, 1.54) is 13.2 Å². The van der Waals surface area contributed by atoms with Crippen LogP contribution in [0.5, 0.6) is 5.75 Å². The Morgan fingerprint density at radius 3 is 2.85 bits per heavy atom. The lowest BCUT2D eigenvalue weighted by Crippen LogP contribution is -1.95. The number of nitrogens with zero attached hydrogens (tertiary/aromatic N) is 2. The summed E-state index contributed by atoms with van der Waals surface area (Å²) in [5.41, 5.74) is 0. The Hall–Kier alpha value is -0.880. The Bertz CT molecular complexity index is 358. The molecule has 13 heavy (non-hydrogen) atoms. The van der Waals surface area contributed by atoms with E-state index in [0.717, 1.165) is 0 Å². The number of hydrogen-bond acceptors (Lipinski definition) is 4. The minimum absolute atomic E-state index is 0.0509. The lowest BCUT2D eigenvalue weighted by Gasteiger charge is -2.00. The summed E-state index contributed by atoms with van der Waals surface area (Å²) in [6.45, 7) is 0. The fraction of sp³-hybridized carbons (Fsp3) is 0.167. The second-order valence-electron chi connectivity index (χ2n) is 2.04. The van der Waals surface area contributed by atoms with Crippen LogP contribution in [0.3, 0.4) is 0 Å². The van der Waals surface area contributed by atoms with E-state index in [1.54, 1.807) is 0 Å². The first kappa shape index (κ1) is 10.2. The first-order valence-electron chi connectivity index (χ1n) is 3.10. The first-order valence-corrected chi connectivity index (χ1v) is 4.27. The standard InChI is InChI=1S/C6H4BrClN2O3/c1-13-4-2-3(8)6(10(11)12)9-5(4)7/h2H,1H3. The molecule has 0 radical (unpaired) electrons. The van der Waals surface area contributed by atoms with Crippen LogP contribution in [-0.2, 0) is 0 Å². The fourth-order valence-electron chi connectivity index (χ4n) is 0.712. The maximum Gasteiger partial charge on any atom is 0.383 e. The molecule has 1 heterocycles. The normalized spacial score (nSPS) is 9.77. The summed E-state index contributed by atoms with van der Waals surface area (Å²) in [6, 6.07) is 1.33. The van der Waals surface area contributed by atoms with Gasteiger partial charge in [0.2, 0.25) is 0 Å². The third kappa shape index (κ3) is 2.07. The molecule has 0 aliphatic rings. The number of aromatic nitrogens is 1. The number of pyridine rings is 1. The zero-order valence-electron chi connectivity index (χ0n) is 6.45. The molecule has 0 amide bonds. The number of hydrogen-bond donors (Lipinski definition) is 0. The molecule has 7 heteroatoms. The molecule has 5 nitrogen and oxygen atoms in total. The highest BCUT2D eigenvalue weighted by Crippen LogP contribution is 2.31. The van der Waals surface area contributed by atoms with Crippen LogP contribution in [0.25, 0.3) is 0 Å². The van der Waals surface area contributed by atoms with Crippen LogP contribution < -0.4 is 4.74 Å². The third-order valence-corrected chi connectivity index (χ3v) is 2.12. The molecule has 0 saturated heterocycles. The minimum atomic E-state index is -0.660. The summed E-state index contributed by atoms with van der Waals surface area (Å²) >= 11 is 8.58. The zero-order valence-corrected chi connectivity index (χ0v) is 8.79. The van der Waals surface area contributed by atoms with Crippen molar-refractivity contribution in [2.45, 2.75) is 0 Å². The molecule has 0 atom stereocenters. The van der Waals surface area contributed by atoms with E-state index in [2.05, 4.69) is 20.9 Å². The summed E-state index contributed by atoms with van der Waals surface area (Å²) < 4.78 is 5.10. The molecule has 0 N–H and O–H groups in total. The second kappa shape index (κ2) is 3.89. The zero-order chi connectivity index (χ0) is 10.0. The van der Waals surface area contributed by atoms with Crippen molar-refractivity contribution in [1.82, 2.24) is 4.98 Å². The maximum atomic E-state index is 10.4. The van der Waals surface area contributed by atoms with Crippen LogP contribution in [-0.4, -0.2) is 17.0 Å². The number of ether oxygens (including phenoxy) is 1. The van der Waals surface area contributed by atoms with Gasteiger partial charge in [0.1, 0.15) is 5.02 Å². The van der Waals surface area contributed by atoms with Crippen molar-refractivity contribution in [2.24, 2.45) is 0 Å². The van der Waals surface area contributed by atoms with E-state index in [0.29, 0.717) is 5.75 Å². The van der Waals surface area contributed by atoms with Crippen LogP contribution >= 0.6 is 27.5 Å².